The first kappa shape index (κ1) is 17.2. The van der Waals surface area contributed by atoms with Crippen LogP contribution < -0.4 is 5.32 Å². The fraction of sp³-hybridized carbons (Fsp3) is 0.769. The van der Waals surface area contributed by atoms with Gasteiger partial charge in [-0.25, -0.2) is 4.79 Å². The molecule has 1 aliphatic rings. The van der Waals surface area contributed by atoms with E-state index in [1.165, 1.54) is 4.90 Å². The summed E-state index contributed by atoms with van der Waals surface area (Å²) in [5.41, 5.74) is 0. The lowest BCUT2D eigenvalue weighted by atomic mass is 10.2. The minimum atomic E-state index is -0.850. The standard InChI is InChI=1S/C13H24N4O4/c1-10(12(19)20)16-6-8-17(9-7-16)13(21)15(3)5-4-11(18)14-2/h10H,4-9H2,1-3H3,(H,14,18)(H,19,20). The third-order valence-electron chi connectivity index (χ3n) is 3.77. The van der Waals surface area contributed by atoms with Crippen molar-refractivity contribution in [2.75, 3.05) is 46.8 Å². The number of piperazine rings is 1. The van der Waals surface area contributed by atoms with Crippen molar-refractivity contribution in [2.24, 2.45) is 0 Å². The Balaban J connectivity index is 2.41. The smallest absolute Gasteiger partial charge is 0.320 e. The van der Waals surface area contributed by atoms with E-state index < -0.39 is 12.0 Å². The molecule has 0 bridgehead atoms. The zero-order valence-electron chi connectivity index (χ0n) is 12.8. The summed E-state index contributed by atoms with van der Waals surface area (Å²) in [6, 6.07) is -0.658. The minimum Gasteiger partial charge on any atom is -0.480 e. The topological polar surface area (TPSA) is 93.2 Å². The lowest BCUT2D eigenvalue weighted by Gasteiger charge is -2.38. The highest BCUT2D eigenvalue weighted by Crippen LogP contribution is 2.08. The number of urea groups is 1. The van der Waals surface area contributed by atoms with Crippen molar-refractivity contribution in [3.05, 3.63) is 0 Å². The van der Waals surface area contributed by atoms with Gasteiger partial charge in [0, 0.05) is 53.2 Å². The molecule has 0 aromatic carbocycles. The summed E-state index contributed by atoms with van der Waals surface area (Å²) in [7, 11) is 3.23. The summed E-state index contributed by atoms with van der Waals surface area (Å²) >= 11 is 0. The van der Waals surface area contributed by atoms with E-state index in [1.54, 1.807) is 25.9 Å². The van der Waals surface area contributed by atoms with Crippen molar-refractivity contribution in [1.29, 1.82) is 0 Å². The molecule has 0 spiro atoms. The van der Waals surface area contributed by atoms with E-state index in [-0.39, 0.29) is 18.4 Å². The van der Waals surface area contributed by atoms with E-state index >= 15 is 0 Å². The lowest BCUT2D eigenvalue weighted by Crippen LogP contribution is -2.55. The molecule has 1 fully saturated rings. The van der Waals surface area contributed by atoms with Crippen LogP contribution in [0.5, 0.6) is 0 Å². The van der Waals surface area contributed by atoms with Crippen LogP contribution in [0.1, 0.15) is 13.3 Å². The fourth-order valence-electron chi connectivity index (χ4n) is 2.19. The second kappa shape index (κ2) is 7.82. The molecule has 1 atom stereocenters. The van der Waals surface area contributed by atoms with Gasteiger partial charge in [-0.2, -0.15) is 0 Å². The number of carboxylic acid groups (broad SMARTS) is 1. The Bertz CT molecular complexity index is 394. The molecule has 120 valence electrons. The zero-order chi connectivity index (χ0) is 16.0. The predicted molar refractivity (Wildman–Crippen MR) is 77.0 cm³/mol. The van der Waals surface area contributed by atoms with Gasteiger partial charge in [-0.3, -0.25) is 14.5 Å². The van der Waals surface area contributed by atoms with Gasteiger partial charge in [0.25, 0.3) is 0 Å². The number of nitrogens with zero attached hydrogens (tertiary/aromatic N) is 3. The van der Waals surface area contributed by atoms with E-state index in [9.17, 15) is 14.4 Å². The Morgan fingerprint density at radius 1 is 1.24 bits per heavy atom. The summed E-state index contributed by atoms with van der Waals surface area (Å²) < 4.78 is 0. The second-order valence-corrected chi connectivity index (χ2v) is 5.16. The molecule has 1 aliphatic heterocycles. The van der Waals surface area contributed by atoms with Gasteiger partial charge in [0.05, 0.1) is 0 Å². The fourth-order valence-corrected chi connectivity index (χ4v) is 2.19. The maximum atomic E-state index is 12.2. The number of hydrogen-bond donors (Lipinski definition) is 2. The Morgan fingerprint density at radius 2 is 1.81 bits per heavy atom. The van der Waals surface area contributed by atoms with Crippen LogP contribution in [0.4, 0.5) is 4.79 Å². The van der Waals surface area contributed by atoms with Gasteiger partial charge >= 0.3 is 12.0 Å². The number of nitrogens with one attached hydrogen (secondary N) is 1. The van der Waals surface area contributed by atoms with E-state index in [0.717, 1.165) is 0 Å². The molecule has 1 saturated heterocycles. The maximum absolute atomic E-state index is 12.2. The molecule has 8 nitrogen and oxygen atoms in total. The van der Waals surface area contributed by atoms with Gasteiger partial charge in [-0.15, -0.1) is 0 Å². The Kier molecular flexibility index (Phi) is 6.41. The van der Waals surface area contributed by atoms with Crippen molar-refractivity contribution >= 4 is 17.9 Å². The number of amides is 3. The van der Waals surface area contributed by atoms with Gasteiger partial charge in [0.15, 0.2) is 0 Å². The summed E-state index contributed by atoms with van der Waals surface area (Å²) in [6.07, 6.45) is 0.273. The van der Waals surface area contributed by atoms with Crippen LogP contribution in [-0.4, -0.2) is 90.6 Å². The molecule has 0 aromatic rings. The number of carbonyl (C=O) groups excluding carboxylic acids is 2. The molecule has 1 rings (SSSR count). The van der Waals surface area contributed by atoms with Crippen LogP contribution in [0.25, 0.3) is 0 Å². The molecule has 2 N–H and O–H groups in total. The Labute approximate surface area is 124 Å². The van der Waals surface area contributed by atoms with Gasteiger partial charge in [-0.1, -0.05) is 0 Å². The SMILES string of the molecule is CNC(=O)CCN(C)C(=O)N1CCN(C(C)C(=O)O)CC1. The van der Waals surface area contributed by atoms with Crippen LogP contribution in [0.2, 0.25) is 0 Å². The van der Waals surface area contributed by atoms with Crippen LogP contribution in [0, 0.1) is 0 Å². The first-order chi connectivity index (χ1) is 9.86. The van der Waals surface area contributed by atoms with Crippen LogP contribution >= 0.6 is 0 Å². The molecule has 0 saturated carbocycles. The van der Waals surface area contributed by atoms with Crippen molar-refractivity contribution in [1.82, 2.24) is 20.0 Å². The Hall–Kier alpha value is -1.83. The molecular weight excluding hydrogens is 276 g/mol. The summed E-state index contributed by atoms with van der Waals surface area (Å²) in [5.74, 6) is -0.952. The predicted octanol–water partition coefficient (Wildman–Crippen LogP) is -0.735. The van der Waals surface area contributed by atoms with Gasteiger partial charge in [0.1, 0.15) is 6.04 Å². The molecule has 21 heavy (non-hydrogen) atoms. The third-order valence-corrected chi connectivity index (χ3v) is 3.77. The molecule has 0 aromatic heterocycles. The van der Waals surface area contributed by atoms with Crippen LogP contribution in [-0.2, 0) is 9.59 Å². The van der Waals surface area contributed by atoms with Gasteiger partial charge < -0.3 is 20.2 Å². The largest absolute Gasteiger partial charge is 0.480 e. The minimum absolute atomic E-state index is 0.102. The normalized spacial score (nSPS) is 17.2. The van der Waals surface area contributed by atoms with Crippen LogP contribution in [0.3, 0.4) is 0 Å². The number of hydrogen-bond acceptors (Lipinski definition) is 4. The molecule has 0 aliphatic carbocycles. The number of rotatable bonds is 5. The monoisotopic (exact) mass is 300 g/mol. The first-order valence-electron chi connectivity index (χ1n) is 7.04. The third kappa shape index (κ3) is 4.89. The highest BCUT2D eigenvalue weighted by atomic mass is 16.4. The number of carbonyl (C=O) groups is 3. The molecule has 0 radical (unpaired) electrons. The van der Waals surface area contributed by atoms with Crippen molar-refractivity contribution in [3.8, 4) is 0 Å². The van der Waals surface area contributed by atoms with Gasteiger partial charge in [0.2, 0.25) is 5.91 Å². The first-order valence-corrected chi connectivity index (χ1v) is 7.04. The second-order valence-electron chi connectivity index (χ2n) is 5.16. The van der Waals surface area contributed by atoms with E-state index in [4.69, 9.17) is 5.11 Å². The summed E-state index contributed by atoms with van der Waals surface area (Å²) in [5, 5.41) is 11.5. The van der Waals surface area contributed by atoms with E-state index in [2.05, 4.69) is 5.32 Å². The quantitative estimate of drug-likeness (QED) is 0.698. The molecule has 1 unspecified atom stereocenters. The van der Waals surface area contributed by atoms with Crippen LogP contribution in [0.15, 0.2) is 0 Å². The highest BCUT2D eigenvalue weighted by Gasteiger charge is 2.28. The average Bonchev–Trinajstić information content (AvgIpc) is 2.50. The molecular formula is C13H24N4O4. The van der Waals surface area contributed by atoms with E-state index in [0.29, 0.717) is 32.7 Å². The number of carboxylic acids is 1. The Morgan fingerprint density at radius 3 is 2.29 bits per heavy atom. The van der Waals surface area contributed by atoms with Crippen molar-refractivity contribution < 1.29 is 19.5 Å². The summed E-state index contributed by atoms with van der Waals surface area (Å²) in [6.45, 7) is 4.10. The summed E-state index contributed by atoms with van der Waals surface area (Å²) in [4.78, 5) is 39.4. The highest BCUT2D eigenvalue weighted by molar-refractivity contribution is 5.78. The maximum Gasteiger partial charge on any atom is 0.320 e. The average molecular weight is 300 g/mol. The van der Waals surface area contributed by atoms with E-state index in [1.807, 2.05) is 4.90 Å². The number of aliphatic carboxylic acids is 1. The van der Waals surface area contributed by atoms with Crippen molar-refractivity contribution in [2.45, 2.75) is 19.4 Å². The lowest BCUT2D eigenvalue weighted by molar-refractivity contribution is -0.143. The molecule has 1 heterocycles. The van der Waals surface area contributed by atoms with Crippen molar-refractivity contribution in [3.63, 3.8) is 0 Å². The van der Waals surface area contributed by atoms with Gasteiger partial charge in [-0.05, 0) is 6.92 Å². The zero-order valence-corrected chi connectivity index (χ0v) is 12.8. The molecule has 8 heteroatoms. The molecule has 3 amide bonds.